The van der Waals surface area contributed by atoms with Crippen molar-refractivity contribution >= 4 is 22.5 Å². The number of benzene rings is 2. The van der Waals surface area contributed by atoms with Crippen LogP contribution in [0.3, 0.4) is 0 Å². The number of carbonyl (C=O) groups is 1. The molecule has 4 heteroatoms. The lowest BCUT2D eigenvalue weighted by atomic mass is 10.1. The Morgan fingerprint density at radius 1 is 1.05 bits per heavy atom. The lowest BCUT2D eigenvalue weighted by Crippen LogP contribution is -2.16. The fourth-order valence-corrected chi connectivity index (χ4v) is 2.43. The molecule has 0 radical (unpaired) electrons. The molecule has 1 aromatic heterocycles. The van der Waals surface area contributed by atoms with Gasteiger partial charge in [0.15, 0.2) is 0 Å². The standard InChI is InChI=1S/C18H16N2O2/c1-20-16-12-15(9-7-14(16)8-10-18(20)22)19-17(21)11-13-5-3-2-4-6-13/h2-10,12H,11H2,1H3,(H,19,21). The van der Waals surface area contributed by atoms with Crippen molar-refractivity contribution in [1.29, 1.82) is 0 Å². The number of rotatable bonds is 3. The van der Waals surface area contributed by atoms with E-state index >= 15 is 0 Å². The maximum absolute atomic E-state index is 12.1. The first kappa shape index (κ1) is 14.1. The summed E-state index contributed by atoms with van der Waals surface area (Å²) in [6, 6.07) is 18.5. The minimum Gasteiger partial charge on any atom is -0.326 e. The molecule has 2 aromatic carbocycles. The van der Waals surface area contributed by atoms with Crippen LogP contribution in [-0.2, 0) is 18.3 Å². The van der Waals surface area contributed by atoms with E-state index in [-0.39, 0.29) is 11.5 Å². The third-order valence-electron chi connectivity index (χ3n) is 3.62. The van der Waals surface area contributed by atoms with E-state index in [0.29, 0.717) is 12.1 Å². The first-order chi connectivity index (χ1) is 10.6. The van der Waals surface area contributed by atoms with E-state index in [1.165, 1.54) is 6.07 Å². The van der Waals surface area contributed by atoms with Crippen molar-refractivity contribution in [3.63, 3.8) is 0 Å². The first-order valence-electron chi connectivity index (χ1n) is 7.07. The normalized spacial score (nSPS) is 10.6. The average Bonchev–Trinajstić information content (AvgIpc) is 2.52. The third kappa shape index (κ3) is 2.91. The summed E-state index contributed by atoms with van der Waals surface area (Å²) in [5.41, 5.74) is 2.38. The molecule has 0 aliphatic rings. The zero-order valence-corrected chi connectivity index (χ0v) is 12.2. The van der Waals surface area contributed by atoms with E-state index < -0.39 is 0 Å². The van der Waals surface area contributed by atoms with Gasteiger partial charge in [0.05, 0.1) is 11.9 Å². The van der Waals surface area contributed by atoms with Crippen LogP contribution in [0.25, 0.3) is 10.9 Å². The smallest absolute Gasteiger partial charge is 0.250 e. The molecule has 0 atom stereocenters. The van der Waals surface area contributed by atoms with Crippen LogP contribution in [0.15, 0.2) is 65.5 Å². The van der Waals surface area contributed by atoms with Crippen LogP contribution in [0.1, 0.15) is 5.56 Å². The molecule has 3 rings (SSSR count). The number of amides is 1. The number of nitrogens with zero attached hydrogens (tertiary/aromatic N) is 1. The van der Waals surface area contributed by atoms with Gasteiger partial charge in [0, 0.05) is 18.8 Å². The number of anilines is 1. The monoisotopic (exact) mass is 292 g/mol. The molecule has 4 nitrogen and oxygen atoms in total. The number of hydrogen-bond donors (Lipinski definition) is 1. The second-order valence-electron chi connectivity index (χ2n) is 5.21. The fraction of sp³-hybridized carbons (Fsp3) is 0.111. The molecule has 3 aromatic rings. The van der Waals surface area contributed by atoms with Crippen molar-refractivity contribution in [1.82, 2.24) is 4.57 Å². The number of aromatic nitrogens is 1. The summed E-state index contributed by atoms with van der Waals surface area (Å²) in [6.45, 7) is 0. The average molecular weight is 292 g/mol. The van der Waals surface area contributed by atoms with Gasteiger partial charge in [-0.1, -0.05) is 36.4 Å². The Balaban J connectivity index is 1.83. The molecule has 0 fully saturated rings. The topological polar surface area (TPSA) is 51.1 Å². The predicted molar refractivity (Wildman–Crippen MR) is 88.0 cm³/mol. The van der Waals surface area contributed by atoms with E-state index in [1.807, 2.05) is 48.5 Å². The van der Waals surface area contributed by atoms with Crippen molar-refractivity contribution < 1.29 is 4.79 Å². The van der Waals surface area contributed by atoms with E-state index in [9.17, 15) is 9.59 Å². The summed E-state index contributed by atoms with van der Waals surface area (Å²) in [7, 11) is 1.72. The van der Waals surface area contributed by atoms with E-state index in [2.05, 4.69) is 5.32 Å². The predicted octanol–water partition coefficient (Wildman–Crippen LogP) is 2.72. The Morgan fingerprint density at radius 2 is 1.77 bits per heavy atom. The lowest BCUT2D eigenvalue weighted by Gasteiger charge is -2.09. The number of hydrogen-bond acceptors (Lipinski definition) is 2. The Bertz CT molecular complexity index is 882. The fourth-order valence-electron chi connectivity index (χ4n) is 2.43. The van der Waals surface area contributed by atoms with Gasteiger partial charge in [0.2, 0.25) is 5.91 Å². The van der Waals surface area contributed by atoms with Gasteiger partial charge in [-0.05, 0) is 29.1 Å². The van der Waals surface area contributed by atoms with Crippen molar-refractivity contribution in [2.45, 2.75) is 6.42 Å². The number of carbonyl (C=O) groups excluding carboxylic acids is 1. The van der Waals surface area contributed by atoms with Gasteiger partial charge in [-0.2, -0.15) is 0 Å². The van der Waals surface area contributed by atoms with Crippen LogP contribution < -0.4 is 10.9 Å². The Morgan fingerprint density at radius 3 is 2.55 bits per heavy atom. The highest BCUT2D eigenvalue weighted by atomic mass is 16.1. The van der Waals surface area contributed by atoms with Crippen molar-refractivity contribution in [2.24, 2.45) is 7.05 Å². The van der Waals surface area contributed by atoms with Crippen LogP contribution in [0.5, 0.6) is 0 Å². The second kappa shape index (κ2) is 5.85. The van der Waals surface area contributed by atoms with Crippen LogP contribution in [0.4, 0.5) is 5.69 Å². The molecule has 1 N–H and O–H groups in total. The Kier molecular flexibility index (Phi) is 3.74. The highest BCUT2D eigenvalue weighted by Gasteiger charge is 2.06. The van der Waals surface area contributed by atoms with Crippen LogP contribution in [-0.4, -0.2) is 10.5 Å². The highest BCUT2D eigenvalue weighted by molar-refractivity contribution is 5.94. The Hall–Kier alpha value is -2.88. The molecule has 0 unspecified atom stereocenters. The van der Waals surface area contributed by atoms with Gasteiger partial charge in [-0.25, -0.2) is 0 Å². The van der Waals surface area contributed by atoms with E-state index in [4.69, 9.17) is 0 Å². The summed E-state index contributed by atoms with van der Waals surface area (Å²) in [5, 5.41) is 3.84. The quantitative estimate of drug-likeness (QED) is 0.807. The van der Waals surface area contributed by atoms with Crippen molar-refractivity contribution in [2.75, 3.05) is 5.32 Å². The summed E-state index contributed by atoms with van der Waals surface area (Å²) < 4.78 is 1.57. The first-order valence-corrected chi connectivity index (χ1v) is 7.07. The molecule has 0 aliphatic carbocycles. The molecule has 0 bridgehead atoms. The summed E-state index contributed by atoms with van der Waals surface area (Å²) >= 11 is 0. The SMILES string of the molecule is Cn1c(=O)ccc2ccc(NC(=O)Cc3ccccc3)cc21. The number of pyridine rings is 1. The molecular formula is C18H16N2O2. The zero-order valence-electron chi connectivity index (χ0n) is 12.2. The van der Waals surface area contributed by atoms with Gasteiger partial charge in [-0.3, -0.25) is 9.59 Å². The number of fused-ring (bicyclic) bond motifs is 1. The van der Waals surface area contributed by atoms with Gasteiger partial charge < -0.3 is 9.88 Å². The van der Waals surface area contributed by atoms with E-state index in [1.54, 1.807) is 17.7 Å². The van der Waals surface area contributed by atoms with Crippen LogP contribution in [0.2, 0.25) is 0 Å². The number of aryl methyl sites for hydroxylation is 1. The van der Waals surface area contributed by atoms with Crippen molar-refractivity contribution in [3.05, 3.63) is 76.6 Å². The Labute approximate surface area is 128 Å². The van der Waals surface area contributed by atoms with E-state index in [0.717, 1.165) is 16.5 Å². The minimum atomic E-state index is -0.0773. The van der Waals surface area contributed by atoms with Gasteiger partial charge in [0.25, 0.3) is 5.56 Å². The molecule has 0 spiro atoms. The van der Waals surface area contributed by atoms with Gasteiger partial charge in [0.1, 0.15) is 0 Å². The lowest BCUT2D eigenvalue weighted by molar-refractivity contribution is -0.115. The third-order valence-corrected chi connectivity index (χ3v) is 3.62. The van der Waals surface area contributed by atoms with Gasteiger partial charge in [-0.15, -0.1) is 0 Å². The zero-order chi connectivity index (χ0) is 15.5. The summed E-state index contributed by atoms with van der Waals surface area (Å²) in [5.74, 6) is -0.0773. The molecule has 0 saturated heterocycles. The summed E-state index contributed by atoms with van der Waals surface area (Å²) in [6.07, 6.45) is 0.326. The van der Waals surface area contributed by atoms with Crippen LogP contribution >= 0.6 is 0 Å². The van der Waals surface area contributed by atoms with Crippen molar-refractivity contribution in [3.8, 4) is 0 Å². The molecule has 1 heterocycles. The highest BCUT2D eigenvalue weighted by Crippen LogP contribution is 2.17. The second-order valence-corrected chi connectivity index (χ2v) is 5.21. The minimum absolute atomic E-state index is 0.0692. The molecule has 0 saturated carbocycles. The molecule has 22 heavy (non-hydrogen) atoms. The summed E-state index contributed by atoms with van der Waals surface area (Å²) in [4.78, 5) is 23.8. The molecule has 0 aliphatic heterocycles. The molecular weight excluding hydrogens is 276 g/mol. The van der Waals surface area contributed by atoms with Gasteiger partial charge >= 0.3 is 0 Å². The maximum Gasteiger partial charge on any atom is 0.250 e. The maximum atomic E-state index is 12.1. The number of nitrogens with one attached hydrogen (secondary N) is 1. The van der Waals surface area contributed by atoms with Crippen LogP contribution in [0, 0.1) is 0 Å². The largest absolute Gasteiger partial charge is 0.326 e. The molecule has 1 amide bonds. The molecule has 110 valence electrons.